The smallest absolute Gasteiger partial charge is 0 e. The van der Waals surface area contributed by atoms with Crippen LogP contribution < -0.4 is 0 Å². The SMILES string of the molecule is [Ba].[Co].[Li].[Mg].[Na].[Ni]. The van der Waals surface area contributed by atoms with Gasteiger partial charge in [-0.3, -0.25) is 0 Å². The molecule has 6 heteroatoms. The minimum Gasteiger partial charge on any atom is 0 e. The number of hydrogen-bond donors (Lipinski definition) is 0. The van der Waals surface area contributed by atoms with Crippen LogP contribution in [0.5, 0.6) is 0 Å². The predicted octanol–water partition coefficient (Wildman–Crippen LogP) is -1.53. The third-order valence-electron chi connectivity index (χ3n) is 0. The summed E-state index contributed by atoms with van der Waals surface area (Å²) in [6.45, 7) is 0. The third-order valence-corrected chi connectivity index (χ3v) is 0. The molecule has 0 bridgehead atoms. The first-order chi connectivity index (χ1) is 0. The van der Waals surface area contributed by atoms with Crippen LogP contribution in [0.4, 0.5) is 0 Å². The van der Waals surface area contributed by atoms with Gasteiger partial charge in [0.15, 0.2) is 0 Å². The van der Waals surface area contributed by atoms with Crippen molar-refractivity contribution in [2.24, 2.45) is 0 Å². The summed E-state index contributed by atoms with van der Waals surface area (Å²) in [6.07, 6.45) is 0. The van der Waals surface area contributed by atoms with Gasteiger partial charge in [0, 0.05) is 154 Å². The zero-order chi connectivity index (χ0) is 0. The molecule has 0 aromatic rings. The molecule has 0 aromatic heterocycles. The molecule has 25 valence electrons. The first-order valence-electron chi connectivity index (χ1n) is 0. The summed E-state index contributed by atoms with van der Waals surface area (Å²) in [5, 5.41) is 0. The van der Waals surface area contributed by atoms with Gasteiger partial charge in [-0.1, -0.05) is 0 Å². The van der Waals surface area contributed by atoms with Crippen molar-refractivity contribution in [2.75, 3.05) is 0 Å². The largest absolute Gasteiger partial charge is 0 e. The van der Waals surface area contributed by atoms with Crippen LogP contribution in [0, 0.1) is 0 Å². The monoisotopic (exact) mass is 309 g/mol. The summed E-state index contributed by atoms with van der Waals surface area (Å²) in [5.41, 5.74) is 0. The average Bonchev–Trinajstić information content (AvgIpc) is 0. The van der Waals surface area contributed by atoms with E-state index in [4.69, 9.17) is 0 Å². The van der Waals surface area contributed by atoms with Gasteiger partial charge in [0.2, 0.25) is 0 Å². The van der Waals surface area contributed by atoms with Crippen LogP contribution in [0.1, 0.15) is 0 Å². The van der Waals surface area contributed by atoms with Gasteiger partial charge in [-0.25, -0.2) is 0 Å². The second kappa shape index (κ2) is 32.6. The van der Waals surface area contributed by atoms with E-state index in [1.807, 2.05) is 0 Å². The molecule has 6 heavy (non-hydrogen) atoms. The van der Waals surface area contributed by atoms with Gasteiger partial charge in [-0.2, -0.15) is 0 Å². The molecule has 0 saturated carbocycles. The van der Waals surface area contributed by atoms with Crippen LogP contribution >= 0.6 is 0 Å². The molecule has 7 radical (unpaired) electrons. The Bertz CT molecular complexity index is 15.5. The maximum Gasteiger partial charge on any atom is 0 e. The Balaban J connectivity index is 0. The summed E-state index contributed by atoms with van der Waals surface area (Å²) in [4.78, 5) is 0. The van der Waals surface area contributed by atoms with Gasteiger partial charge in [-0.15, -0.1) is 0 Å². The van der Waals surface area contributed by atoms with Crippen LogP contribution in [-0.2, 0) is 33.3 Å². The standard InChI is InChI=1S/Ba.Co.Li.Mg.Na.Ni. The topological polar surface area (TPSA) is 0 Å². The molecule has 0 N–H and O–H groups in total. The van der Waals surface area contributed by atoms with E-state index < -0.39 is 0 Å². The molecule has 0 aliphatic carbocycles. The van der Waals surface area contributed by atoms with Crippen molar-refractivity contribution in [3.8, 4) is 0 Å². The van der Waals surface area contributed by atoms with Gasteiger partial charge < -0.3 is 0 Å². The summed E-state index contributed by atoms with van der Waals surface area (Å²) in [7, 11) is 0. The van der Waals surface area contributed by atoms with E-state index in [0.717, 1.165) is 0 Å². The van der Waals surface area contributed by atoms with Gasteiger partial charge in [0.1, 0.15) is 0 Å². The molecule has 0 fully saturated rings. The van der Waals surface area contributed by atoms with Gasteiger partial charge in [-0.05, 0) is 0 Å². The molecule has 0 atom stereocenters. The normalized spacial score (nSPS) is 0. The van der Waals surface area contributed by atoms with E-state index in [1.165, 1.54) is 0 Å². The van der Waals surface area contributed by atoms with Crippen LogP contribution in [0.3, 0.4) is 0 Å². The van der Waals surface area contributed by atoms with Crippen LogP contribution in [0.25, 0.3) is 0 Å². The van der Waals surface area contributed by atoms with E-state index in [2.05, 4.69) is 0 Å². The fraction of sp³-hybridized carbons (Fsp3) is 0. The van der Waals surface area contributed by atoms with Crippen molar-refractivity contribution in [2.45, 2.75) is 0 Å². The Hall–Kier alpha value is 4.94. The summed E-state index contributed by atoms with van der Waals surface area (Å²) >= 11 is 0. The minimum atomic E-state index is 0. The van der Waals surface area contributed by atoms with Crippen molar-refractivity contribution in [3.05, 3.63) is 0 Å². The zero-order valence-corrected chi connectivity index (χ0v) is 13.9. The molecular formula is BaCoLiMgNaNi. The Morgan fingerprint density at radius 3 is 1.00 bits per heavy atom. The second-order valence-corrected chi connectivity index (χ2v) is 0. The quantitative estimate of drug-likeness (QED) is 0.477. The molecular weight excluding hydrogens is 309 g/mol. The van der Waals surface area contributed by atoms with Crippen molar-refractivity contribution < 1.29 is 33.3 Å². The minimum absolute atomic E-state index is 0. The van der Waals surface area contributed by atoms with Crippen LogP contribution in [0.15, 0.2) is 0 Å². The predicted molar refractivity (Wildman–Crippen MR) is 23.0 cm³/mol. The molecule has 0 rings (SSSR count). The van der Waals surface area contributed by atoms with E-state index in [9.17, 15) is 0 Å². The van der Waals surface area contributed by atoms with Gasteiger partial charge in [0.05, 0.1) is 0 Å². The zero-order valence-electron chi connectivity index (χ0n) is 4.06. The molecule has 0 aliphatic rings. The molecule has 0 amide bonds. The summed E-state index contributed by atoms with van der Waals surface area (Å²) < 4.78 is 0. The number of hydrogen-bond acceptors (Lipinski definition) is 0. The maximum atomic E-state index is 0. The van der Waals surface area contributed by atoms with Crippen LogP contribution in [0.2, 0.25) is 0 Å². The van der Waals surface area contributed by atoms with E-state index in [0.29, 0.717) is 0 Å². The fourth-order valence-electron chi connectivity index (χ4n) is 0. The number of rotatable bonds is 0. The maximum absolute atomic E-state index is 0. The molecule has 0 spiro atoms. The molecule has 0 nitrogen and oxygen atoms in total. The average molecular weight is 309 g/mol. The molecule has 0 heterocycles. The van der Waals surface area contributed by atoms with E-state index in [-0.39, 0.29) is 154 Å². The molecule has 0 aliphatic heterocycles. The van der Waals surface area contributed by atoms with Gasteiger partial charge in [0.25, 0.3) is 0 Å². The molecule has 0 aromatic carbocycles. The van der Waals surface area contributed by atoms with Crippen molar-refractivity contribution in [1.82, 2.24) is 0 Å². The third kappa shape index (κ3) is 23.1. The Kier molecular flexibility index (Phi) is 241. The van der Waals surface area contributed by atoms with Crippen molar-refractivity contribution in [1.29, 1.82) is 0 Å². The summed E-state index contributed by atoms with van der Waals surface area (Å²) in [6, 6.07) is 0. The van der Waals surface area contributed by atoms with E-state index in [1.54, 1.807) is 0 Å². The fourth-order valence-corrected chi connectivity index (χ4v) is 0. The van der Waals surface area contributed by atoms with Gasteiger partial charge >= 0.3 is 0 Å². The van der Waals surface area contributed by atoms with Crippen LogP contribution in [-0.4, -0.2) is 120 Å². The first kappa shape index (κ1) is 44.3. The van der Waals surface area contributed by atoms with Crippen molar-refractivity contribution in [3.63, 3.8) is 0 Å². The molecule has 0 unspecified atom stereocenters. The Morgan fingerprint density at radius 2 is 1.00 bits per heavy atom. The Morgan fingerprint density at radius 1 is 1.00 bits per heavy atom. The Labute approximate surface area is 149 Å². The summed E-state index contributed by atoms with van der Waals surface area (Å²) in [5.74, 6) is 0. The second-order valence-electron chi connectivity index (χ2n) is 0. The molecule has 0 saturated heterocycles. The van der Waals surface area contributed by atoms with Crippen molar-refractivity contribution >= 4 is 120 Å². The van der Waals surface area contributed by atoms with E-state index >= 15 is 0 Å². The first-order valence-corrected chi connectivity index (χ1v) is 0.